The number of rotatable bonds is 2. The third-order valence-corrected chi connectivity index (χ3v) is 2.37. The van der Waals surface area contributed by atoms with Crippen LogP contribution in [0.25, 0.3) is 0 Å². The number of hydrogen-bond donors (Lipinski definition) is 1. The fourth-order valence-electron chi connectivity index (χ4n) is 1.01. The summed E-state index contributed by atoms with van der Waals surface area (Å²) in [4.78, 5) is 0. The Morgan fingerprint density at radius 2 is 2.15 bits per heavy atom. The summed E-state index contributed by atoms with van der Waals surface area (Å²) < 4.78 is 27.4. The molecule has 1 atom stereocenters. The molecule has 0 radical (unpaired) electrons. The van der Waals surface area contributed by atoms with E-state index in [1.165, 1.54) is 25.1 Å². The maximum atomic E-state index is 13.6. The summed E-state index contributed by atoms with van der Waals surface area (Å²) in [7, 11) is 0. The normalized spacial score (nSPS) is 15.5. The lowest BCUT2D eigenvalue weighted by molar-refractivity contribution is 0.196. The Morgan fingerprint density at radius 3 is 2.69 bits per heavy atom. The van der Waals surface area contributed by atoms with E-state index in [-0.39, 0.29) is 12.1 Å². The number of halogens is 3. The van der Waals surface area contributed by atoms with E-state index in [2.05, 4.69) is 15.9 Å². The second-order valence-electron chi connectivity index (χ2n) is 3.03. The Kier molecular flexibility index (Phi) is 3.03. The number of hydrogen-bond acceptors (Lipinski definition) is 1. The first-order valence-corrected chi connectivity index (χ1v) is 4.61. The van der Waals surface area contributed by atoms with Gasteiger partial charge in [0.2, 0.25) is 0 Å². The third-order valence-electron chi connectivity index (χ3n) is 1.87. The van der Waals surface area contributed by atoms with Crippen molar-refractivity contribution in [1.82, 2.24) is 0 Å². The molecule has 0 fully saturated rings. The zero-order valence-electron chi connectivity index (χ0n) is 7.15. The molecule has 1 rings (SSSR count). The second kappa shape index (κ2) is 3.72. The molecule has 0 aliphatic rings. The molecule has 1 aromatic rings. The zero-order chi connectivity index (χ0) is 10.1. The van der Waals surface area contributed by atoms with Crippen LogP contribution in [0.3, 0.4) is 0 Å². The average Bonchev–Trinajstić information content (AvgIpc) is 2.09. The maximum absolute atomic E-state index is 13.6. The first kappa shape index (κ1) is 10.6. The molecular formula is C9H10BrF2N. The van der Waals surface area contributed by atoms with Crippen LogP contribution in [0.2, 0.25) is 0 Å². The van der Waals surface area contributed by atoms with Gasteiger partial charge in [0.05, 0.1) is 0 Å². The van der Waals surface area contributed by atoms with Crippen molar-refractivity contribution in [2.75, 3.05) is 6.54 Å². The Hall–Kier alpha value is -0.480. The fourth-order valence-corrected chi connectivity index (χ4v) is 1.37. The molecular weight excluding hydrogens is 240 g/mol. The van der Waals surface area contributed by atoms with Crippen molar-refractivity contribution in [2.24, 2.45) is 5.73 Å². The van der Waals surface area contributed by atoms with Gasteiger partial charge in [-0.3, -0.25) is 0 Å². The van der Waals surface area contributed by atoms with Gasteiger partial charge in [-0.2, -0.15) is 0 Å². The standard InChI is InChI=1S/C9H10BrF2N/c1-9(12,5-13)7-4-6(10)2-3-8(7)11/h2-4H,5,13H2,1H3. The van der Waals surface area contributed by atoms with Crippen LogP contribution in [0.4, 0.5) is 8.78 Å². The minimum Gasteiger partial charge on any atom is -0.327 e. The smallest absolute Gasteiger partial charge is 0.148 e. The van der Waals surface area contributed by atoms with E-state index in [4.69, 9.17) is 5.73 Å². The lowest BCUT2D eigenvalue weighted by atomic mass is 9.98. The SMILES string of the molecule is CC(F)(CN)c1cc(Br)ccc1F. The summed E-state index contributed by atoms with van der Waals surface area (Å²) in [6, 6.07) is 4.14. The molecule has 1 unspecified atom stereocenters. The minimum atomic E-state index is -1.81. The van der Waals surface area contributed by atoms with Gasteiger partial charge in [0, 0.05) is 16.6 Å². The molecule has 0 aliphatic carbocycles. The van der Waals surface area contributed by atoms with Gasteiger partial charge in [-0.05, 0) is 25.1 Å². The average molecular weight is 250 g/mol. The van der Waals surface area contributed by atoms with Crippen molar-refractivity contribution in [2.45, 2.75) is 12.6 Å². The second-order valence-corrected chi connectivity index (χ2v) is 3.94. The molecule has 1 nitrogen and oxygen atoms in total. The molecule has 4 heteroatoms. The summed E-state index contributed by atoms with van der Waals surface area (Å²) in [6.07, 6.45) is 0. The fraction of sp³-hybridized carbons (Fsp3) is 0.333. The molecule has 0 amide bonds. The van der Waals surface area contributed by atoms with Crippen molar-refractivity contribution in [3.05, 3.63) is 34.1 Å². The Labute approximate surface area is 84.1 Å². The highest BCUT2D eigenvalue weighted by Crippen LogP contribution is 2.28. The highest BCUT2D eigenvalue weighted by Gasteiger charge is 2.27. The van der Waals surface area contributed by atoms with Crippen molar-refractivity contribution >= 4 is 15.9 Å². The van der Waals surface area contributed by atoms with Crippen LogP contribution in [0.1, 0.15) is 12.5 Å². The van der Waals surface area contributed by atoms with E-state index < -0.39 is 11.5 Å². The predicted octanol–water partition coefficient (Wildman–Crippen LogP) is 2.73. The third kappa shape index (κ3) is 2.25. The molecule has 0 aromatic heterocycles. The van der Waals surface area contributed by atoms with Crippen molar-refractivity contribution < 1.29 is 8.78 Å². The topological polar surface area (TPSA) is 26.0 Å². The largest absolute Gasteiger partial charge is 0.327 e. The number of benzene rings is 1. The summed E-state index contributed by atoms with van der Waals surface area (Å²) in [6.45, 7) is 1.03. The van der Waals surface area contributed by atoms with Crippen LogP contribution in [0.5, 0.6) is 0 Å². The van der Waals surface area contributed by atoms with Gasteiger partial charge >= 0.3 is 0 Å². The van der Waals surface area contributed by atoms with E-state index in [9.17, 15) is 8.78 Å². The van der Waals surface area contributed by atoms with E-state index >= 15 is 0 Å². The van der Waals surface area contributed by atoms with Gasteiger partial charge in [-0.15, -0.1) is 0 Å². The molecule has 0 spiro atoms. The molecule has 72 valence electrons. The quantitative estimate of drug-likeness (QED) is 0.858. The molecule has 0 bridgehead atoms. The van der Waals surface area contributed by atoms with Gasteiger partial charge in [-0.25, -0.2) is 8.78 Å². The first-order valence-electron chi connectivity index (χ1n) is 3.82. The summed E-state index contributed by atoms with van der Waals surface area (Å²) in [5.74, 6) is -0.571. The first-order chi connectivity index (χ1) is 5.97. The van der Waals surface area contributed by atoms with E-state index in [0.717, 1.165) is 0 Å². The van der Waals surface area contributed by atoms with E-state index in [0.29, 0.717) is 4.47 Å². The van der Waals surface area contributed by atoms with Gasteiger partial charge in [-0.1, -0.05) is 15.9 Å². The van der Waals surface area contributed by atoms with Gasteiger partial charge < -0.3 is 5.73 Å². The van der Waals surface area contributed by atoms with Crippen LogP contribution in [-0.4, -0.2) is 6.54 Å². The van der Waals surface area contributed by atoms with Gasteiger partial charge in [0.25, 0.3) is 0 Å². The Bertz CT molecular complexity index is 312. The zero-order valence-corrected chi connectivity index (χ0v) is 8.74. The van der Waals surface area contributed by atoms with Crippen molar-refractivity contribution in [3.63, 3.8) is 0 Å². The molecule has 0 saturated carbocycles. The lowest BCUT2D eigenvalue weighted by Gasteiger charge is -2.19. The minimum absolute atomic E-state index is 0.00984. The summed E-state index contributed by atoms with van der Waals surface area (Å²) >= 11 is 3.14. The van der Waals surface area contributed by atoms with Gasteiger partial charge in [0.15, 0.2) is 0 Å². The molecule has 2 N–H and O–H groups in total. The number of nitrogens with two attached hydrogens (primary N) is 1. The molecule has 13 heavy (non-hydrogen) atoms. The lowest BCUT2D eigenvalue weighted by Crippen LogP contribution is -2.27. The van der Waals surface area contributed by atoms with Crippen LogP contribution in [0, 0.1) is 5.82 Å². The van der Waals surface area contributed by atoms with E-state index in [1.807, 2.05) is 0 Å². The Balaban J connectivity index is 3.20. The summed E-state index contributed by atoms with van der Waals surface area (Å²) in [5, 5.41) is 0. The van der Waals surface area contributed by atoms with E-state index in [1.54, 1.807) is 0 Å². The molecule has 0 saturated heterocycles. The number of alkyl halides is 1. The van der Waals surface area contributed by atoms with Crippen molar-refractivity contribution in [1.29, 1.82) is 0 Å². The van der Waals surface area contributed by atoms with Crippen LogP contribution < -0.4 is 5.73 Å². The monoisotopic (exact) mass is 249 g/mol. The van der Waals surface area contributed by atoms with Crippen molar-refractivity contribution in [3.8, 4) is 0 Å². The summed E-state index contributed by atoms with van der Waals surface area (Å²) in [5.41, 5.74) is 3.38. The highest BCUT2D eigenvalue weighted by atomic mass is 79.9. The van der Waals surface area contributed by atoms with Gasteiger partial charge in [0.1, 0.15) is 11.5 Å². The van der Waals surface area contributed by atoms with Crippen LogP contribution in [0.15, 0.2) is 22.7 Å². The molecule has 1 aromatic carbocycles. The maximum Gasteiger partial charge on any atom is 0.148 e. The van der Waals surface area contributed by atoms with Crippen LogP contribution >= 0.6 is 15.9 Å². The predicted molar refractivity (Wildman–Crippen MR) is 51.6 cm³/mol. The van der Waals surface area contributed by atoms with Crippen LogP contribution in [-0.2, 0) is 5.67 Å². The molecule has 0 aliphatic heterocycles. The Morgan fingerprint density at radius 1 is 1.54 bits per heavy atom. The highest BCUT2D eigenvalue weighted by molar-refractivity contribution is 9.10. The molecule has 0 heterocycles.